The van der Waals surface area contributed by atoms with E-state index in [0.717, 1.165) is 27.4 Å². The first kappa shape index (κ1) is 15.4. The second-order valence-electron chi connectivity index (χ2n) is 5.54. The van der Waals surface area contributed by atoms with Gasteiger partial charge in [-0.1, -0.05) is 48.0 Å². The molecule has 0 unspecified atom stereocenters. The van der Waals surface area contributed by atoms with E-state index in [4.69, 9.17) is 16.0 Å². The number of halogens is 1. The topological polar surface area (TPSA) is 33.5 Å². The van der Waals surface area contributed by atoms with Gasteiger partial charge in [-0.05, 0) is 18.2 Å². The molecule has 3 nitrogen and oxygen atoms in total. The van der Waals surface area contributed by atoms with Crippen molar-refractivity contribution in [2.24, 2.45) is 0 Å². The zero-order chi connectivity index (χ0) is 16.7. The lowest BCUT2D eigenvalue weighted by molar-refractivity contribution is 0.520. The quantitative estimate of drug-likeness (QED) is 0.621. The Bertz CT molecular complexity index is 969. The van der Waals surface area contributed by atoms with E-state index in [0.29, 0.717) is 11.5 Å². The first-order valence-electron chi connectivity index (χ1n) is 7.53. The van der Waals surface area contributed by atoms with E-state index in [-0.39, 0.29) is 5.02 Å². The smallest absolute Gasteiger partial charge is 0.357 e. The number of rotatable bonds is 2. The second-order valence-corrected chi connectivity index (χ2v) is 6.93. The van der Waals surface area contributed by atoms with E-state index in [1.807, 2.05) is 66.5 Å². The highest BCUT2D eigenvalue weighted by Crippen LogP contribution is 2.46. The van der Waals surface area contributed by atoms with Crippen LogP contribution in [-0.2, 0) is 5.75 Å². The van der Waals surface area contributed by atoms with Crippen molar-refractivity contribution in [3.8, 4) is 11.3 Å². The molecule has 1 aromatic heterocycles. The predicted octanol–water partition coefficient (Wildman–Crippen LogP) is 5.33. The Morgan fingerprint density at radius 1 is 1.08 bits per heavy atom. The van der Waals surface area contributed by atoms with E-state index in [9.17, 15) is 4.79 Å². The summed E-state index contributed by atoms with van der Waals surface area (Å²) in [6.07, 6.45) is 0. The largest absolute Gasteiger partial charge is 0.421 e. The van der Waals surface area contributed by atoms with Gasteiger partial charge in [0, 0.05) is 34.5 Å². The number of benzene rings is 2. The SMILES string of the molecule is CN(c1ccccc1)c1c2c(oc(=O)c1Cl)-c1ccccc1SC2. The van der Waals surface area contributed by atoms with Gasteiger partial charge in [0.05, 0.1) is 5.69 Å². The van der Waals surface area contributed by atoms with Gasteiger partial charge < -0.3 is 9.32 Å². The summed E-state index contributed by atoms with van der Waals surface area (Å²) in [6.45, 7) is 0. The van der Waals surface area contributed by atoms with Gasteiger partial charge in [0.1, 0.15) is 5.76 Å². The van der Waals surface area contributed by atoms with Gasteiger partial charge in [0.25, 0.3) is 0 Å². The monoisotopic (exact) mass is 355 g/mol. The summed E-state index contributed by atoms with van der Waals surface area (Å²) in [4.78, 5) is 15.4. The molecule has 1 aliphatic heterocycles. The molecule has 0 N–H and O–H groups in total. The molecule has 4 rings (SSSR count). The van der Waals surface area contributed by atoms with Crippen LogP contribution in [0.1, 0.15) is 5.56 Å². The van der Waals surface area contributed by atoms with Crippen LogP contribution in [0.25, 0.3) is 11.3 Å². The van der Waals surface area contributed by atoms with Gasteiger partial charge in [0.2, 0.25) is 0 Å². The van der Waals surface area contributed by atoms with Crippen LogP contribution in [0.3, 0.4) is 0 Å². The van der Waals surface area contributed by atoms with Crippen molar-refractivity contribution < 1.29 is 4.42 Å². The maximum absolute atomic E-state index is 12.3. The summed E-state index contributed by atoms with van der Waals surface area (Å²) < 4.78 is 5.56. The van der Waals surface area contributed by atoms with E-state index < -0.39 is 5.63 Å². The first-order chi connectivity index (χ1) is 11.7. The maximum atomic E-state index is 12.3. The Morgan fingerprint density at radius 2 is 1.79 bits per heavy atom. The molecule has 2 aromatic carbocycles. The van der Waals surface area contributed by atoms with Gasteiger partial charge >= 0.3 is 5.63 Å². The van der Waals surface area contributed by atoms with Crippen molar-refractivity contribution in [1.82, 2.24) is 0 Å². The van der Waals surface area contributed by atoms with Crippen molar-refractivity contribution in [3.63, 3.8) is 0 Å². The number of hydrogen-bond acceptors (Lipinski definition) is 4. The highest BCUT2D eigenvalue weighted by molar-refractivity contribution is 7.98. The fraction of sp³-hybridized carbons (Fsp3) is 0.105. The van der Waals surface area contributed by atoms with Crippen LogP contribution in [0.5, 0.6) is 0 Å². The summed E-state index contributed by atoms with van der Waals surface area (Å²) in [5.74, 6) is 1.33. The molecule has 0 aliphatic carbocycles. The summed E-state index contributed by atoms with van der Waals surface area (Å²) >= 11 is 8.07. The summed E-state index contributed by atoms with van der Waals surface area (Å²) in [5, 5.41) is 0.125. The number of thioether (sulfide) groups is 1. The second kappa shape index (κ2) is 6.04. The van der Waals surface area contributed by atoms with Gasteiger partial charge in [-0.2, -0.15) is 0 Å². The molecule has 5 heteroatoms. The van der Waals surface area contributed by atoms with Gasteiger partial charge in [-0.3, -0.25) is 0 Å². The van der Waals surface area contributed by atoms with Crippen LogP contribution in [-0.4, -0.2) is 7.05 Å². The zero-order valence-electron chi connectivity index (χ0n) is 13.0. The van der Waals surface area contributed by atoms with E-state index in [1.54, 1.807) is 11.8 Å². The lowest BCUT2D eigenvalue weighted by atomic mass is 10.1. The third-order valence-corrected chi connectivity index (χ3v) is 5.56. The lowest BCUT2D eigenvalue weighted by Gasteiger charge is -2.27. The zero-order valence-corrected chi connectivity index (χ0v) is 14.5. The number of fused-ring (bicyclic) bond motifs is 3. The minimum atomic E-state index is -0.505. The Kier molecular flexibility index (Phi) is 3.87. The first-order valence-corrected chi connectivity index (χ1v) is 8.89. The molecule has 0 bridgehead atoms. The van der Waals surface area contributed by atoms with E-state index in [2.05, 4.69) is 0 Å². The number of nitrogens with zero attached hydrogens (tertiary/aromatic N) is 1. The van der Waals surface area contributed by atoms with E-state index in [1.165, 1.54) is 0 Å². The highest BCUT2D eigenvalue weighted by atomic mass is 35.5. The molecule has 0 amide bonds. The third kappa shape index (κ3) is 2.43. The van der Waals surface area contributed by atoms with Crippen molar-refractivity contribution in [2.75, 3.05) is 11.9 Å². The molecule has 0 atom stereocenters. The number of para-hydroxylation sites is 1. The lowest BCUT2D eigenvalue weighted by Crippen LogP contribution is -2.18. The Labute approximate surface area is 148 Å². The summed E-state index contributed by atoms with van der Waals surface area (Å²) in [5.41, 5.74) is 3.08. The highest BCUT2D eigenvalue weighted by Gasteiger charge is 2.27. The van der Waals surface area contributed by atoms with Gasteiger partial charge in [0.15, 0.2) is 5.02 Å². The molecule has 0 spiro atoms. The average Bonchev–Trinajstić information content (AvgIpc) is 2.63. The van der Waals surface area contributed by atoms with Crippen molar-refractivity contribution in [1.29, 1.82) is 0 Å². The van der Waals surface area contributed by atoms with Crippen molar-refractivity contribution in [3.05, 3.63) is 75.6 Å². The number of hydrogen-bond donors (Lipinski definition) is 0. The molecule has 0 fully saturated rings. The third-order valence-electron chi connectivity index (χ3n) is 4.12. The molecular formula is C19H14ClNO2S. The molecule has 0 saturated carbocycles. The fourth-order valence-corrected chi connectivity index (χ4v) is 4.29. The van der Waals surface area contributed by atoms with Crippen LogP contribution < -0.4 is 10.5 Å². The molecule has 3 aromatic rings. The van der Waals surface area contributed by atoms with Crippen LogP contribution >= 0.6 is 23.4 Å². The van der Waals surface area contributed by atoms with Crippen LogP contribution in [0.2, 0.25) is 5.02 Å². The molecule has 0 radical (unpaired) electrons. The number of anilines is 2. The van der Waals surface area contributed by atoms with E-state index >= 15 is 0 Å². The maximum Gasteiger partial charge on any atom is 0.357 e. The molecule has 0 saturated heterocycles. The van der Waals surface area contributed by atoms with Crippen LogP contribution in [0.4, 0.5) is 11.4 Å². The van der Waals surface area contributed by atoms with Gasteiger partial charge in [-0.15, -0.1) is 11.8 Å². The average molecular weight is 356 g/mol. The predicted molar refractivity (Wildman–Crippen MR) is 99.5 cm³/mol. The van der Waals surface area contributed by atoms with Crippen molar-refractivity contribution >= 4 is 34.7 Å². The fourth-order valence-electron chi connectivity index (χ4n) is 2.95. The summed E-state index contributed by atoms with van der Waals surface area (Å²) in [6, 6.07) is 17.8. The Morgan fingerprint density at radius 3 is 2.58 bits per heavy atom. The van der Waals surface area contributed by atoms with Crippen molar-refractivity contribution in [2.45, 2.75) is 10.6 Å². The standard InChI is InChI=1S/C19H14ClNO2S/c1-21(12-7-3-2-4-8-12)17-14-11-24-15-10-6-5-9-13(15)18(14)23-19(22)16(17)20/h2-10H,11H2,1H3. The Hall–Kier alpha value is -2.17. The molecule has 24 heavy (non-hydrogen) atoms. The normalized spacial score (nSPS) is 12.4. The molecule has 2 heterocycles. The molecular weight excluding hydrogens is 342 g/mol. The van der Waals surface area contributed by atoms with Crippen LogP contribution in [0.15, 0.2) is 68.7 Å². The summed E-state index contributed by atoms with van der Waals surface area (Å²) in [7, 11) is 1.92. The minimum absolute atomic E-state index is 0.125. The van der Waals surface area contributed by atoms with Crippen LogP contribution in [0, 0.1) is 0 Å². The Balaban J connectivity index is 1.97. The molecule has 1 aliphatic rings. The van der Waals surface area contributed by atoms with Gasteiger partial charge in [-0.25, -0.2) is 4.79 Å². The molecule has 120 valence electrons. The minimum Gasteiger partial charge on any atom is -0.421 e.